The molecule has 2 aromatic heterocycles. The number of halogens is 1. The molecule has 13 nitrogen and oxygen atoms in total. The number of nitrogens with one attached hydrogen (secondary N) is 2. The fraction of sp³-hybridized carbons (Fsp3) is 0.435. The van der Waals surface area contributed by atoms with Gasteiger partial charge in [0.05, 0.1) is 6.33 Å². The minimum atomic E-state index is -1.42. The first-order valence-corrected chi connectivity index (χ1v) is 11.6. The first-order valence-electron chi connectivity index (χ1n) is 11.6. The van der Waals surface area contributed by atoms with Crippen LogP contribution in [-0.2, 0) is 27.2 Å². The highest BCUT2D eigenvalue weighted by molar-refractivity contribution is 5.85. The van der Waals surface area contributed by atoms with Crippen LogP contribution in [0.15, 0.2) is 30.6 Å². The number of aliphatic hydroxyl groups is 2. The SMILES string of the molecule is CCNC(=O)[C@H]1O[C@H](n2cnc3c(N)nc(NCCc4ccc(CCC(=O)O)cc4)nc32)[C@H](O)[C@@H]1O.Cl. The van der Waals surface area contributed by atoms with Crippen molar-refractivity contribution in [2.24, 2.45) is 0 Å². The second-order valence-electron chi connectivity index (χ2n) is 8.47. The van der Waals surface area contributed by atoms with E-state index >= 15 is 0 Å². The van der Waals surface area contributed by atoms with Crippen molar-refractivity contribution in [1.82, 2.24) is 24.8 Å². The number of likely N-dealkylation sites (N-methyl/N-ethyl adjacent to an activating group) is 1. The molecule has 200 valence electrons. The van der Waals surface area contributed by atoms with Crippen LogP contribution in [-0.4, -0.2) is 78.1 Å². The smallest absolute Gasteiger partial charge is 0.303 e. The molecule has 0 spiro atoms. The Morgan fingerprint density at radius 2 is 1.78 bits per heavy atom. The molecule has 1 aliphatic heterocycles. The zero-order chi connectivity index (χ0) is 25.8. The second-order valence-corrected chi connectivity index (χ2v) is 8.47. The van der Waals surface area contributed by atoms with Crippen LogP contribution in [0.25, 0.3) is 11.2 Å². The predicted octanol–water partition coefficient (Wildman–Crippen LogP) is 0.257. The summed E-state index contributed by atoms with van der Waals surface area (Å²) in [7, 11) is 0. The average molecular weight is 536 g/mol. The zero-order valence-electron chi connectivity index (χ0n) is 20.1. The Morgan fingerprint density at radius 3 is 2.43 bits per heavy atom. The monoisotopic (exact) mass is 535 g/mol. The van der Waals surface area contributed by atoms with Crippen LogP contribution in [0.1, 0.15) is 30.7 Å². The maximum atomic E-state index is 12.2. The van der Waals surface area contributed by atoms with Gasteiger partial charge in [-0.3, -0.25) is 14.2 Å². The third-order valence-electron chi connectivity index (χ3n) is 5.92. The van der Waals surface area contributed by atoms with Crippen molar-refractivity contribution in [2.75, 3.05) is 24.1 Å². The van der Waals surface area contributed by atoms with Gasteiger partial charge in [0.25, 0.3) is 5.91 Å². The number of fused-ring (bicyclic) bond motifs is 1. The molecule has 1 saturated heterocycles. The molecular weight excluding hydrogens is 506 g/mol. The van der Waals surface area contributed by atoms with Gasteiger partial charge in [-0.25, -0.2) is 4.98 Å². The van der Waals surface area contributed by atoms with Crippen LogP contribution in [0.2, 0.25) is 0 Å². The van der Waals surface area contributed by atoms with Crippen LogP contribution >= 0.6 is 12.4 Å². The van der Waals surface area contributed by atoms with Crippen LogP contribution in [0, 0.1) is 0 Å². The number of hydrogen-bond donors (Lipinski definition) is 6. The molecule has 3 heterocycles. The van der Waals surface area contributed by atoms with Gasteiger partial charge in [0.1, 0.15) is 17.7 Å². The Kier molecular flexibility index (Phi) is 9.21. The lowest BCUT2D eigenvalue weighted by Crippen LogP contribution is -2.42. The van der Waals surface area contributed by atoms with E-state index in [1.165, 1.54) is 10.9 Å². The minimum Gasteiger partial charge on any atom is -0.481 e. The molecule has 14 heteroatoms. The summed E-state index contributed by atoms with van der Waals surface area (Å²) < 4.78 is 7.09. The molecule has 7 N–H and O–H groups in total. The number of carbonyl (C=O) groups excluding carboxylic acids is 1. The van der Waals surface area contributed by atoms with E-state index < -0.39 is 36.4 Å². The Hall–Kier alpha value is -3.52. The summed E-state index contributed by atoms with van der Waals surface area (Å²) in [6, 6.07) is 7.71. The third kappa shape index (κ3) is 6.25. The number of aromatic nitrogens is 4. The quantitative estimate of drug-likeness (QED) is 0.208. The predicted molar refractivity (Wildman–Crippen MR) is 136 cm³/mol. The van der Waals surface area contributed by atoms with E-state index in [-0.39, 0.29) is 36.2 Å². The summed E-state index contributed by atoms with van der Waals surface area (Å²) in [5.74, 6) is -0.985. The molecule has 1 amide bonds. The van der Waals surface area contributed by atoms with Gasteiger partial charge in [-0.05, 0) is 30.9 Å². The van der Waals surface area contributed by atoms with Gasteiger partial charge < -0.3 is 36.4 Å². The molecule has 4 atom stereocenters. The van der Waals surface area contributed by atoms with Gasteiger partial charge in [-0.2, -0.15) is 9.97 Å². The standard InChI is InChI=1S/C23H29N7O6.ClH/c1-2-25-21(35)18-16(33)17(34)22(36-18)30-11-27-15-19(24)28-23(29-20(15)30)26-10-9-13-5-3-12(4-6-13)7-8-14(31)32;/h3-6,11,16-18,22,33-34H,2,7-10H2,1H3,(H,25,35)(H,31,32)(H3,24,26,28,29);1H/t16-,17+,18-,22-;/m0./s1. The number of amides is 1. The van der Waals surface area contributed by atoms with Crippen molar-refractivity contribution in [1.29, 1.82) is 0 Å². The van der Waals surface area contributed by atoms with E-state index in [1.54, 1.807) is 6.92 Å². The second kappa shape index (κ2) is 12.1. The maximum absolute atomic E-state index is 12.2. The van der Waals surface area contributed by atoms with Crippen LogP contribution in [0.3, 0.4) is 0 Å². The number of benzene rings is 1. The highest BCUT2D eigenvalue weighted by atomic mass is 35.5. The Balaban J connectivity index is 0.00000380. The number of anilines is 2. The summed E-state index contributed by atoms with van der Waals surface area (Å²) in [4.78, 5) is 35.8. The van der Waals surface area contributed by atoms with Crippen molar-refractivity contribution in [3.63, 3.8) is 0 Å². The molecule has 3 aromatic rings. The number of hydrogen-bond acceptors (Lipinski definition) is 10. The van der Waals surface area contributed by atoms with E-state index in [0.29, 0.717) is 31.4 Å². The lowest BCUT2D eigenvalue weighted by Gasteiger charge is -2.16. The lowest BCUT2D eigenvalue weighted by atomic mass is 10.1. The van der Waals surface area contributed by atoms with Crippen LogP contribution < -0.4 is 16.4 Å². The first-order chi connectivity index (χ1) is 17.3. The molecule has 0 bridgehead atoms. The molecule has 0 saturated carbocycles. The number of carboxylic acid groups (broad SMARTS) is 1. The van der Waals surface area contributed by atoms with Crippen molar-refractivity contribution < 1.29 is 29.6 Å². The molecule has 1 aromatic carbocycles. The largest absolute Gasteiger partial charge is 0.481 e. The molecular formula is C23H30ClN7O6. The Morgan fingerprint density at radius 1 is 1.11 bits per heavy atom. The van der Waals surface area contributed by atoms with E-state index in [4.69, 9.17) is 15.6 Å². The van der Waals surface area contributed by atoms with E-state index in [0.717, 1.165) is 11.1 Å². The fourth-order valence-electron chi connectivity index (χ4n) is 4.03. The van der Waals surface area contributed by atoms with Crippen molar-refractivity contribution >= 4 is 47.2 Å². The number of ether oxygens (including phenoxy) is 1. The third-order valence-corrected chi connectivity index (χ3v) is 5.92. The Labute approximate surface area is 218 Å². The number of aliphatic carboxylic acids is 1. The van der Waals surface area contributed by atoms with Gasteiger partial charge in [-0.1, -0.05) is 24.3 Å². The highest BCUT2D eigenvalue weighted by Gasteiger charge is 2.47. The molecule has 0 radical (unpaired) electrons. The molecule has 1 fully saturated rings. The highest BCUT2D eigenvalue weighted by Crippen LogP contribution is 2.32. The normalized spacial score (nSPS) is 20.9. The number of imidazole rings is 1. The van der Waals surface area contributed by atoms with Crippen molar-refractivity contribution in [3.8, 4) is 0 Å². The zero-order valence-corrected chi connectivity index (χ0v) is 20.9. The fourth-order valence-corrected chi connectivity index (χ4v) is 4.03. The summed E-state index contributed by atoms with van der Waals surface area (Å²) in [6.07, 6.45) is -2.56. The number of aliphatic hydroxyl groups excluding tert-OH is 2. The number of rotatable bonds is 10. The molecule has 0 unspecified atom stereocenters. The first kappa shape index (κ1) is 28.1. The van der Waals surface area contributed by atoms with Crippen LogP contribution in [0.5, 0.6) is 0 Å². The number of carboxylic acids is 1. The average Bonchev–Trinajstić information content (AvgIpc) is 3.40. The molecule has 4 rings (SSSR count). The summed E-state index contributed by atoms with van der Waals surface area (Å²) in [5, 5.41) is 35.4. The topological polar surface area (TPSA) is 198 Å². The van der Waals surface area contributed by atoms with E-state index in [9.17, 15) is 19.8 Å². The molecule has 37 heavy (non-hydrogen) atoms. The van der Waals surface area contributed by atoms with Crippen molar-refractivity contribution in [3.05, 3.63) is 41.7 Å². The van der Waals surface area contributed by atoms with Gasteiger partial charge >= 0.3 is 5.97 Å². The van der Waals surface area contributed by atoms with E-state index in [1.807, 2.05) is 24.3 Å². The van der Waals surface area contributed by atoms with Crippen LogP contribution in [0.4, 0.5) is 11.8 Å². The summed E-state index contributed by atoms with van der Waals surface area (Å²) >= 11 is 0. The maximum Gasteiger partial charge on any atom is 0.303 e. The van der Waals surface area contributed by atoms with Gasteiger partial charge in [-0.15, -0.1) is 12.4 Å². The molecule has 0 aliphatic carbocycles. The number of aryl methyl sites for hydroxylation is 1. The Bertz CT molecular complexity index is 1240. The number of nitrogens with zero attached hydrogens (tertiary/aromatic N) is 4. The summed E-state index contributed by atoms with van der Waals surface area (Å²) in [6.45, 7) is 2.59. The van der Waals surface area contributed by atoms with Crippen molar-refractivity contribution in [2.45, 2.75) is 50.7 Å². The lowest BCUT2D eigenvalue weighted by molar-refractivity contribution is -0.138. The molecule has 1 aliphatic rings. The number of carbonyl (C=O) groups is 2. The van der Waals surface area contributed by atoms with Gasteiger partial charge in [0.15, 0.2) is 23.8 Å². The van der Waals surface area contributed by atoms with Gasteiger partial charge in [0, 0.05) is 19.5 Å². The van der Waals surface area contributed by atoms with E-state index in [2.05, 4.69) is 25.6 Å². The summed E-state index contributed by atoms with van der Waals surface area (Å²) in [5.41, 5.74) is 8.65. The number of nitrogens with two attached hydrogens (primary N) is 1. The van der Waals surface area contributed by atoms with Gasteiger partial charge in [0.2, 0.25) is 5.95 Å². The number of nitrogen functional groups attached to an aromatic ring is 1. The minimum absolute atomic E-state index is 0.